The van der Waals surface area contributed by atoms with Crippen molar-refractivity contribution in [2.75, 3.05) is 26.8 Å². The van der Waals surface area contributed by atoms with E-state index in [0.717, 1.165) is 4.90 Å². The zero-order chi connectivity index (χ0) is 15.2. The first-order valence-electron chi connectivity index (χ1n) is 6.56. The van der Waals surface area contributed by atoms with Crippen LogP contribution < -0.4 is 10.6 Å². The first-order valence-corrected chi connectivity index (χ1v) is 6.56. The van der Waals surface area contributed by atoms with Crippen LogP contribution in [0.15, 0.2) is 30.3 Å². The Balaban J connectivity index is 1.97. The van der Waals surface area contributed by atoms with Crippen molar-refractivity contribution in [3.63, 3.8) is 0 Å². The van der Waals surface area contributed by atoms with Crippen LogP contribution in [-0.4, -0.2) is 49.6 Å². The molecule has 4 amide bonds. The summed E-state index contributed by atoms with van der Waals surface area (Å²) in [5.41, 5.74) is 0.693. The molecule has 1 fully saturated rings. The van der Waals surface area contributed by atoms with E-state index < -0.39 is 23.9 Å². The van der Waals surface area contributed by atoms with E-state index in [0.29, 0.717) is 18.7 Å². The molecule has 0 aromatic heterocycles. The highest BCUT2D eigenvalue weighted by atomic mass is 16.5. The molecule has 0 bridgehead atoms. The Morgan fingerprint density at radius 2 is 2.05 bits per heavy atom. The molecule has 0 radical (unpaired) electrons. The quantitative estimate of drug-likeness (QED) is 0.572. The molecule has 112 valence electrons. The summed E-state index contributed by atoms with van der Waals surface area (Å²) in [5.74, 6) is -0.822. The zero-order valence-corrected chi connectivity index (χ0v) is 11.7. The fraction of sp³-hybridized carbons (Fsp3) is 0.357. The van der Waals surface area contributed by atoms with Crippen LogP contribution in [0.25, 0.3) is 0 Å². The van der Waals surface area contributed by atoms with E-state index in [4.69, 9.17) is 4.74 Å². The number of imide groups is 1. The van der Waals surface area contributed by atoms with Gasteiger partial charge < -0.3 is 15.4 Å². The number of carbonyl (C=O) groups excluding carboxylic acids is 3. The van der Waals surface area contributed by atoms with Gasteiger partial charge in [0.05, 0.1) is 6.61 Å². The summed E-state index contributed by atoms with van der Waals surface area (Å²) in [6.45, 7) is 0.414. The summed E-state index contributed by atoms with van der Waals surface area (Å²) < 4.78 is 4.80. The number of methoxy groups -OCH3 is 1. The minimum absolute atomic E-state index is 0.294. The largest absolute Gasteiger partial charge is 0.383 e. The van der Waals surface area contributed by atoms with Crippen molar-refractivity contribution in [1.82, 2.24) is 15.5 Å². The van der Waals surface area contributed by atoms with Gasteiger partial charge >= 0.3 is 6.03 Å². The molecule has 1 aliphatic rings. The van der Waals surface area contributed by atoms with Gasteiger partial charge in [-0.05, 0) is 5.56 Å². The van der Waals surface area contributed by atoms with Crippen LogP contribution >= 0.6 is 0 Å². The number of hydrogen-bond acceptors (Lipinski definition) is 4. The van der Waals surface area contributed by atoms with Gasteiger partial charge in [0.15, 0.2) is 0 Å². The molecule has 1 atom stereocenters. The molecule has 1 unspecified atom stereocenters. The Morgan fingerprint density at radius 1 is 1.33 bits per heavy atom. The standard InChI is InChI=1S/C14H17N3O4/c1-21-8-7-15-11(18)9-17-13(19)12(16-14(17)20)10-5-3-2-4-6-10/h2-6,12H,7-9H2,1H3,(H,15,18)(H,16,20). The molecule has 7 nitrogen and oxygen atoms in total. The molecule has 2 N–H and O–H groups in total. The van der Waals surface area contributed by atoms with Crippen LogP contribution in [0.5, 0.6) is 0 Å². The number of urea groups is 1. The second-order valence-corrected chi connectivity index (χ2v) is 4.56. The lowest BCUT2D eigenvalue weighted by Crippen LogP contribution is -2.41. The van der Waals surface area contributed by atoms with Crippen molar-refractivity contribution in [3.05, 3.63) is 35.9 Å². The summed E-state index contributed by atoms with van der Waals surface area (Å²) in [6.07, 6.45) is 0. The molecule has 7 heteroatoms. The third-order valence-corrected chi connectivity index (χ3v) is 3.09. The average Bonchev–Trinajstić information content (AvgIpc) is 2.76. The zero-order valence-electron chi connectivity index (χ0n) is 11.7. The Labute approximate surface area is 122 Å². The monoisotopic (exact) mass is 291 g/mol. The summed E-state index contributed by atoms with van der Waals surface area (Å²) in [5, 5.41) is 5.14. The third kappa shape index (κ3) is 3.57. The minimum atomic E-state index is -0.731. The Bertz CT molecular complexity index is 532. The molecule has 2 rings (SSSR count). The van der Waals surface area contributed by atoms with Crippen molar-refractivity contribution in [2.24, 2.45) is 0 Å². The number of nitrogens with one attached hydrogen (secondary N) is 2. The van der Waals surface area contributed by atoms with Crippen LogP contribution in [0.4, 0.5) is 4.79 Å². The van der Waals surface area contributed by atoms with Gasteiger partial charge in [0.1, 0.15) is 12.6 Å². The molecule has 21 heavy (non-hydrogen) atoms. The van der Waals surface area contributed by atoms with Crippen LogP contribution in [-0.2, 0) is 14.3 Å². The van der Waals surface area contributed by atoms with E-state index >= 15 is 0 Å². The fourth-order valence-corrected chi connectivity index (χ4v) is 2.03. The molecular formula is C14H17N3O4. The van der Waals surface area contributed by atoms with Gasteiger partial charge in [-0.3, -0.25) is 14.5 Å². The normalized spacial score (nSPS) is 17.8. The van der Waals surface area contributed by atoms with Crippen molar-refractivity contribution in [1.29, 1.82) is 0 Å². The van der Waals surface area contributed by atoms with E-state index in [2.05, 4.69) is 10.6 Å². The predicted octanol–water partition coefficient (Wildman–Crippen LogP) is 0.0421. The van der Waals surface area contributed by atoms with Crippen LogP contribution in [0.2, 0.25) is 0 Å². The second-order valence-electron chi connectivity index (χ2n) is 4.56. The smallest absolute Gasteiger partial charge is 0.325 e. The highest BCUT2D eigenvalue weighted by molar-refractivity contribution is 6.06. The van der Waals surface area contributed by atoms with Crippen molar-refractivity contribution in [3.8, 4) is 0 Å². The first-order chi connectivity index (χ1) is 10.1. The van der Waals surface area contributed by atoms with Gasteiger partial charge in [-0.25, -0.2) is 4.79 Å². The lowest BCUT2D eigenvalue weighted by molar-refractivity contribution is -0.132. The van der Waals surface area contributed by atoms with E-state index in [1.807, 2.05) is 6.07 Å². The maximum absolute atomic E-state index is 12.2. The first kappa shape index (κ1) is 15.0. The van der Waals surface area contributed by atoms with E-state index in [1.54, 1.807) is 24.3 Å². The predicted molar refractivity (Wildman–Crippen MR) is 74.3 cm³/mol. The van der Waals surface area contributed by atoms with Crippen molar-refractivity contribution in [2.45, 2.75) is 6.04 Å². The molecule has 1 aromatic rings. The second kappa shape index (κ2) is 6.85. The number of rotatable bonds is 6. The molecule has 0 spiro atoms. The Hall–Kier alpha value is -2.41. The van der Waals surface area contributed by atoms with Gasteiger partial charge in [-0.15, -0.1) is 0 Å². The fourth-order valence-electron chi connectivity index (χ4n) is 2.03. The van der Waals surface area contributed by atoms with Crippen LogP contribution in [0.1, 0.15) is 11.6 Å². The number of carbonyl (C=O) groups is 3. The van der Waals surface area contributed by atoms with Gasteiger partial charge in [0, 0.05) is 13.7 Å². The van der Waals surface area contributed by atoms with Gasteiger partial charge in [-0.2, -0.15) is 0 Å². The molecule has 1 heterocycles. The lowest BCUT2D eigenvalue weighted by Gasteiger charge is -2.13. The number of ether oxygens (including phenoxy) is 1. The van der Waals surface area contributed by atoms with Gasteiger partial charge in [0.2, 0.25) is 5.91 Å². The summed E-state index contributed by atoms with van der Waals surface area (Å²) in [4.78, 5) is 36.6. The summed E-state index contributed by atoms with van der Waals surface area (Å²) in [7, 11) is 1.52. The van der Waals surface area contributed by atoms with E-state index in [-0.39, 0.29) is 6.54 Å². The third-order valence-electron chi connectivity index (χ3n) is 3.09. The number of amides is 4. The summed E-state index contributed by atoms with van der Waals surface area (Å²) in [6, 6.07) is 7.62. The summed E-state index contributed by atoms with van der Waals surface area (Å²) >= 11 is 0. The highest BCUT2D eigenvalue weighted by Gasteiger charge is 2.39. The van der Waals surface area contributed by atoms with Gasteiger partial charge in [0.25, 0.3) is 5.91 Å². The lowest BCUT2D eigenvalue weighted by atomic mass is 10.1. The average molecular weight is 291 g/mol. The molecular weight excluding hydrogens is 274 g/mol. The topological polar surface area (TPSA) is 87.7 Å². The number of hydrogen-bond donors (Lipinski definition) is 2. The number of benzene rings is 1. The van der Waals surface area contributed by atoms with Crippen molar-refractivity contribution < 1.29 is 19.1 Å². The SMILES string of the molecule is COCCNC(=O)CN1C(=O)NC(c2ccccc2)C1=O. The Kier molecular flexibility index (Phi) is 4.89. The Morgan fingerprint density at radius 3 is 2.71 bits per heavy atom. The highest BCUT2D eigenvalue weighted by Crippen LogP contribution is 2.21. The van der Waals surface area contributed by atoms with E-state index in [1.165, 1.54) is 7.11 Å². The van der Waals surface area contributed by atoms with Crippen LogP contribution in [0, 0.1) is 0 Å². The van der Waals surface area contributed by atoms with Crippen molar-refractivity contribution >= 4 is 17.8 Å². The maximum Gasteiger partial charge on any atom is 0.325 e. The molecule has 0 saturated carbocycles. The maximum atomic E-state index is 12.2. The van der Waals surface area contributed by atoms with Crippen LogP contribution in [0.3, 0.4) is 0 Å². The number of nitrogens with zero attached hydrogens (tertiary/aromatic N) is 1. The minimum Gasteiger partial charge on any atom is -0.383 e. The molecule has 0 aliphatic carbocycles. The van der Waals surface area contributed by atoms with E-state index in [9.17, 15) is 14.4 Å². The molecule has 1 aromatic carbocycles. The molecule has 1 aliphatic heterocycles. The van der Waals surface area contributed by atoms with Gasteiger partial charge in [-0.1, -0.05) is 30.3 Å². The molecule has 1 saturated heterocycles.